The summed E-state index contributed by atoms with van der Waals surface area (Å²) in [6.07, 6.45) is 41.8. The number of carbonyl (C=O) groups is 2. The maximum atomic E-state index is 10.3. The molecule has 306 valence electrons. The van der Waals surface area contributed by atoms with Crippen LogP contribution in [0.25, 0.3) is 0 Å². The van der Waals surface area contributed by atoms with Gasteiger partial charge in [0, 0.05) is 30.2 Å². The molecule has 0 spiro atoms. The fourth-order valence-electron chi connectivity index (χ4n) is 6.29. The smallest absolute Gasteiger partial charge is 0.303 e. The molecule has 1 heterocycles. The Balaban J connectivity index is 0. The van der Waals surface area contributed by atoms with Gasteiger partial charge < -0.3 is 25.5 Å². The van der Waals surface area contributed by atoms with Crippen molar-refractivity contribution in [3.8, 4) is 5.75 Å². The van der Waals surface area contributed by atoms with Gasteiger partial charge in [-0.1, -0.05) is 194 Å². The van der Waals surface area contributed by atoms with Gasteiger partial charge in [0.1, 0.15) is 5.75 Å². The van der Waals surface area contributed by atoms with Crippen molar-refractivity contribution in [2.45, 2.75) is 239 Å². The van der Waals surface area contributed by atoms with E-state index in [0.29, 0.717) is 29.7 Å². The van der Waals surface area contributed by atoms with Crippen LogP contribution in [0.15, 0.2) is 6.20 Å². The third kappa shape index (κ3) is 37.6. The van der Waals surface area contributed by atoms with Crippen LogP contribution in [0.4, 0.5) is 0 Å². The second kappa shape index (κ2) is 41.6. The van der Waals surface area contributed by atoms with Crippen molar-refractivity contribution in [3.63, 3.8) is 0 Å². The number of aliphatic hydroxyl groups excluding tert-OH is 2. The molecule has 1 aromatic heterocycles. The molecule has 0 radical (unpaired) electrons. The van der Waals surface area contributed by atoms with Crippen molar-refractivity contribution in [1.29, 1.82) is 0 Å². The monoisotopic (exact) mass is 738 g/mol. The van der Waals surface area contributed by atoms with Crippen LogP contribution in [-0.2, 0) is 22.8 Å². The molecule has 0 fully saturated rings. The van der Waals surface area contributed by atoms with Crippen molar-refractivity contribution in [3.05, 3.63) is 23.0 Å². The number of aliphatic carboxylic acids is 2. The molecule has 0 atom stereocenters. The largest absolute Gasteiger partial charge is 0.506 e. The molecule has 5 N–H and O–H groups in total. The third-order valence-electron chi connectivity index (χ3n) is 9.75. The molecule has 8 heteroatoms. The second-order valence-electron chi connectivity index (χ2n) is 14.7. The summed E-state index contributed by atoms with van der Waals surface area (Å²) < 4.78 is 0. The lowest BCUT2D eigenvalue weighted by atomic mass is 10.0. The molecule has 8 nitrogen and oxygen atoms in total. The van der Waals surface area contributed by atoms with Gasteiger partial charge in [-0.05, 0) is 19.8 Å². The summed E-state index contributed by atoms with van der Waals surface area (Å²) in [5, 5.41) is 44.1. The Morgan fingerprint density at radius 2 is 0.750 bits per heavy atom. The van der Waals surface area contributed by atoms with Gasteiger partial charge in [-0.15, -0.1) is 0 Å². The third-order valence-corrected chi connectivity index (χ3v) is 9.75. The number of unbranched alkanes of at least 4 members (excludes halogenated alkanes) is 28. The molecule has 0 amide bonds. The molecule has 0 saturated heterocycles. The number of pyridine rings is 1. The first-order valence-corrected chi connectivity index (χ1v) is 21.6. The van der Waals surface area contributed by atoms with Crippen LogP contribution in [-0.4, -0.2) is 42.5 Å². The van der Waals surface area contributed by atoms with Crippen LogP contribution in [0.5, 0.6) is 5.75 Å². The molecular weight excluding hydrogens is 654 g/mol. The highest BCUT2D eigenvalue weighted by Gasteiger charge is 2.09. The van der Waals surface area contributed by atoms with Crippen molar-refractivity contribution in [2.75, 3.05) is 0 Å². The highest BCUT2D eigenvalue weighted by Crippen LogP contribution is 2.23. The van der Waals surface area contributed by atoms with Gasteiger partial charge in [0.25, 0.3) is 0 Å². The summed E-state index contributed by atoms with van der Waals surface area (Å²) in [5.41, 5.74) is 1.27. The summed E-state index contributed by atoms with van der Waals surface area (Å²) in [6, 6.07) is 0. The summed E-state index contributed by atoms with van der Waals surface area (Å²) in [5.74, 6) is -1.34. The lowest BCUT2D eigenvalue weighted by Crippen LogP contribution is -1.98. The summed E-state index contributed by atoms with van der Waals surface area (Å²) in [4.78, 5) is 24.5. The quantitative estimate of drug-likeness (QED) is 0.0439. The number of aliphatic hydroxyl groups is 2. The number of rotatable bonds is 34. The molecule has 0 saturated carbocycles. The van der Waals surface area contributed by atoms with Crippen LogP contribution in [0.1, 0.15) is 236 Å². The molecule has 0 aliphatic rings. The number of carboxylic acids is 2. The maximum Gasteiger partial charge on any atom is 0.303 e. The zero-order valence-corrected chi connectivity index (χ0v) is 34.1. The average Bonchev–Trinajstić information content (AvgIpc) is 3.13. The van der Waals surface area contributed by atoms with Gasteiger partial charge in [-0.25, -0.2) is 0 Å². The normalized spacial score (nSPS) is 10.7. The van der Waals surface area contributed by atoms with E-state index in [4.69, 9.17) is 20.4 Å². The molecular formula is C44H83NO7. The van der Waals surface area contributed by atoms with Crippen LogP contribution in [0, 0.1) is 6.92 Å². The lowest BCUT2D eigenvalue weighted by Gasteiger charge is -2.07. The summed E-state index contributed by atoms with van der Waals surface area (Å²) in [7, 11) is 0. The highest BCUT2D eigenvalue weighted by molar-refractivity contribution is 5.66. The van der Waals surface area contributed by atoms with Gasteiger partial charge in [-0.3, -0.25) is 14.6 Å². The van der Waals surface area contributed by atoms with E-state index < -0.39 is 11.9 Å². The van der Waals surface area contributed by atoms with E-state index >= 15 is 0 Å². The van der Waals surface area contributed by atoms with E-state index in [9.17, 15) is 14.7 Å². The van der Waals surface area contributed by atoms with E-state index in [-0.39, 0.29) is 19.0 Å². The van der Waals surface area contributed by atoms with E-state index in [1.54, 1.807) is 6.92 Å². The molecule has 0 aliphatic carbocycles. The predicted molar refractivity (Wildman–Crippen MR) is 217 cm³/mol. The molecule has 0 unspecified atom stereocenters. The van der Waals surface area contributed by atoms with Crippen molar-refractivity contribution in [2.24, 2.45) is 0 Å². The van der Waals surface area contributed by atoms with Crippen LogP contribution < -0.4 is 0 Å². The van der Waals surface area contributed by atoms with Gasteiger partial charge in [0.2, 0.25) is 0 Å². The Morgan fingerprint density at radius 3 is 0.981 bits per heavy atom. The molecule has 1 rings (SSSR count). The molecule has 0 aromatic carbocycles. The zero-order chi connectivity index (χ0) is 38.9. The minimum atomic E-state index is -0.653. The first-order chi connectivity index (χ1) is 25.2. The fourth-order valence-corrected chi connectivity index (χ4v) is 6.29. The average molecular weight is 738 g/mol. The topological polar surface area (TPSA) is 148 Å². The minimum absolute atomic E-state index is 0.0379. The Hall–Kier alpha value is -2.19. The van der Waals surface area contributed by atoms with E-state index in [2.05, 4.69) is 18.8 Å². The standard InChI is InChI=1S/2C18H36O2.C8H11NO3/c2*1-2-3-4-5-6-7-8-9-10-11-12-13-14-15-16-17-18(19)20;1-5-8(12)7(4-11)6(3-10)2-9-5/h2*2-17H2,1H3,(H,19,20);2,10-12H,3-4H2,1H3. The van der Waals surface area contributed by atoms with E-state index in [0.717, 1.165) is 25.7 Å². The molecule has 1 aromatic rings. The zero-order valence-electron chi connectivity index (χ0n) is 34.1. The van der Waals surface area contributed by atoms with Crippen LogP contribution in [0.2, 0.25) is 0 Å². The van der Waals surface area contributed by atoms with Gasteiger partial charge in [0.05, 0.1) is 18.9 Å². The lowest BCUT2D eigenvalue weighted by molar-refractivity contribution is -0.138. The number of nitrogens with zero attached hydrogens (tertiary/aromatic N) is 1. The highest BCUT2D eigenvalue weighted by atomic mass is 16.4. The van der Waals surface area contributed by atoms with Crippen LogP contribution in [0.3, 0.4) is 0 Å². The van der Waals surface area contributed by atoms with E-state index in [1.807, 2.05) is 0 Å². The van der Waals surface area contributed by atoms with Gasteiger partial charge in [0.15, 0.2) is 0 Å². The van der Waals surface area contributed by atoms with Crippen LogP contribution >= 0.6 is 0 Å². The first kappa shape index (κ1) is 51.9. The SMILES string of the molecule is CCCCCCCCCCCCCCCCCC(=O)O.CCCCCCCCCCCCCCCCCC(=O)O.Cc1ncc(CO)c(CO)c1O. The van der Waals surface area contributed by atoms with Gasteiger partial charge >= 0.3 is 11.9 Å². The molecule has 52 heavy (non-hydrogen) atoms. The molecule has 0 bridgehead atoms. The van der Waals surface area contributed by atoms with E-state index in [1.165, 1.54) is 173 Å². The number of hydrogen-bond acceptors (Lipinski definition) is 6. The first-order valence-electron chi connectivity index (χ1n) is 21.6. The Labute approximate surface area is 319 Å². The number of hydrogen-bond donors (Lipinski definition) is 5. The number of carboxylic acid groups (broad SMARTS) is 2. The van der Waals surface area contributed by atoms with Crippen molar-refractivity contribution >= 4 is 11.9 Å². The second-order valence-corrected chi connectivity index (χ2v) is 14.7. The summed E-state index contributed by atoms with van der Waals surface area (Å²) >= 11 is 0. The molecule has 0 aliphatic heterocycles. The van der Waals surface area contributed by atoms with Crippen molar-refractivity contribution in [1.82, 2.24) is 4.98 Å². The number of aromatic hydroxyl groups is 1. The summed E-state index contributed by atoms with van der Waals surface area (Å²) in [6.45, 7) is 5.66. The Morgan fingerprint density at radius 1 is 0.481 bits per heavy atom. The fraction of sp³-hybridized carbons (Fsp3) is 0.841. The van der Waals surface area contributed by atoms with Gasteiger partial charge in [-0.2, -0.15) is 0 Å². The minimum Gasteiger partial charge on any atom is -0.506 e. The Bertz CT molecular complexity index is 880. The van der Waals surface area contributed by atoms with Crippen molar-refractivity contribution < 1.29 is 35.1 Å². The number of aryl methyl sites for hydroxylation is 1. The maximum absolute atomic E-state index is 10.3. The number of aromatic nitrogens is 1. The Kier molecular flexibility index (Phi) is 41.5. The predicted octanol–water partition coefficient (Wildman–Crippen LogP) is 12.7.